The molecule has 0 radical (unpaired) electrons. The van der Waals surface area contributed by atoms with E-state index >= 15 is 4.39 Å². The molecular weight excluding hydrogens is 655 g/mol. The first-order valence-electron chi connectivity index (χ1n) is 15.7. The van der Waals surface area contributed by atoms with E-state index in [1.165, 1.54) is 21.4 Å². The van der Waals surface area contributed by atoms with Gasteiger partial charge in [0.15, 0.2) is 17.9 Å². The van der Waals surface area contributed by atoms with Crippen LogP contribution in [0.3, 0.4) is 0 Å². The summed E-state index contributed by atoms with van der Waals surface area (Å²) in [4.78, 5) is 51.8. The molecule has 1 aromatic carbocycles. The van der Waals surface area contributed by atoms with E-state index in [0.29, 0.717) is 63.4 Å². The molecule has 0 saturated carbocycles. The fourth-order valence-corrected chi connectivity index (χ4v) is 6.69. The maximum absolute atomic E-state index is 15.3. The lowest BCUT2D eigenvalue weighted by Crippen LogP contribution is -2.56. The number of benzene rings is 1. The van der Waals surface area contributed by atoms with Crippen molar-refractivity contribution >= 4 is 46.3 Å². The Hall–Kier alpha value is -4.47. The molecule has 6 heterocycles. The lowest BCUT2D eigenvalue weighted by molar-refractivity contribution is -0.116. The highest BCUT2D eigenvalue weighted by Gasteiger charge is 2.30. The summed E-state index contributed by atoms with van der Waals surface area (Å²) in [5.74, 6) is -5.13. The van der Waals surface area contributed by atoms with Crippen LogP contribution in [0.4, 0.5) is 24.7 Å². The molecule has 3 aliphatic rings. The van der Waals surface area contributed by atoms with E-state index in [9.17, 15) is 28.3 Å². The number of phenols is 1. The maximum atomic E-state index is 15.3. The van der Waals surface area contributed by atoms with Gasteiger partial charge in [-0.05, 0) is 18.9 Å². The second-order valence-electron chi connectivity index (χ2n) is 12.2. The quantitative estimate of drug-likeness (QED) is 0.220. The number of aromatic hydroxyl groups is 1. The number of ether oxygens (including phenoxy) is 1. The molecule has 7 rings (SSSR count). The van der Waals surface area contributed by atoms with E-state index in [2.05, 4.69) is 20.2 Å². The minimum atomic E-state index is -1.65. The molecule has 1 amide bonds. The number of fused-ring (bicyclic) bond motifs is 2. The van der Waals surface area contributed by atoms with E-state index in [-0.39, 0.29) is 33.6 Å². The van der Waals surface area contributed by atoms with Crippen LogP contribution in [-0.4, -0.2) is 86.7 Å². The van der Waals surface area contributed by atoms with Gasteiger partial charge >= 0.3 is 0 Å². The number of carbonyl (C=O) groups is 2. The van der Waals surface area contributed by atoms with Gasteiger partial charge in [-0.15, -0.1) is 0 Å². The number of amides is 1. The lowest BCUT2D eigenvalue weighted by Gasteiger charge is -2.42. The van der Waals surface area contributed by atoms with Gasteiger partial charge in [0.2, 0.25) is 17.7 Å². The molecule has 0 bridgehead atoms. The number of aromatic nitrogens is 4. The van der Waals surface area contributed by atoms with Crippen LogP contribution in [-0.2, 0) is 29.0 Å². The van der Waals surface area contributed by atoms with E-state index < -0.39 is 52.5 Å². The predicted molar refractivity (Wildman–Crippen MR) is 170 cm³/mol. The number of hydrogen-bond donors (Lipinski definition) is 2. The number of anilines is 2. The number of aryl methyl sites for hydroxylation is 1. The summed E-state index contributed by atoms with van der Waals surface area (Å²) in [6.45, 7) is 3.93. The highest BCUT2D eigenvalue weighted by Crippen LogP contribution is 2.36. The third-order valence-electron chi connectivity index (χ3n) is 9.23. The summed E-state index contributed by atoms with van der Waals surface area (Å²) in [6, 6.07) is 2.81. The summed E-state index contributed by atoms with van der Waals surface area (Å²) < 4.78 is 53.0. The first-order chi connectivity index (χ1) is 23.1. The van der Waals surface area contributed by atoms with Crippen LogP contribution in [0.5, 0.6) is 5.75 Å². The fraction of sp³-hybridized carbons (Fsp3) is 0.406. The van der Waals surface area contributed by atoms with Crippen molar-refractivity contribution in [2.45, 2.75) is 44.8 Å². The van der Waals surface area contributed by atoms with Gasteiger partial charge in [-0.1, -0.05) is 18.0 Å². The molecule has 2 fully saturated rings. The van der Waals surface area contributed by atoms with E-state index in [1.54, 1.807) is 0 Å². The third-order valence-corrected chi connectivity index (χ3v) is 9.59. The van der Waals surface area contributed by atoms with E-state index in [1.807, 2.05) is 4.90 Å². The van der Waals surface area contributed by atoms with Crippen LogP contribution < -0.4 is 15.8 Å². The molecule has 48 heavy (non-hydrogen) atoms. The first-order valence-corrected chi connectivity index (χ1v) is 16.0. The molecule has 16 heteroatoms. The van der Waals surface area contributed by atoms with Gasteiger partial charge in [0, 0.05) is 62.5 Å². The number of rotatable bonds is 7. The summed E-state index contributed by atoms with van der Waals surface area (Å²) in [6.07, 6.45) is 4.29. The lowest BCUT2D eigenvalue weighted by atomic mass is 10.0. The molecule has 0 unspecified atom stereocenters. The summed E-state index contributed by atoms with van der Waals surface area (Å²) in [5.41, 5.74) is -1.58. The van der Waals surface area contributed by atoms with E-state index in [4.69, 9.17) is 16.3 Å². The number of halogens is 4. The summed E-state index contributed by atoms with van der Waals surface area (Å²) in [7, 11) is 0. The van der Waals surface area contributed by atoms with Gasteiger partial charge in [-0.25, -0.2) is 14.4 Å². The minimum absolute atomic E-state index is 0.0140. The first kappa shape index (κ1) is 32.1. The summed E-state index contributed by atoms with van der Waals surface area (Å²) in [5, 5.41) is 12.1. The molecule has 0 spiro atoms. The maximum Gasteiger partial charge on any atom is 0.263 e. The average Bonchev–Trinajstić information content (AvgIpc) is 3.22. The highest BCUT2D eigenvalue weighted by atomic mass is 35.5. The Labute approximate surface area is 276 Å². The second-order valence-corrected chi connectivity index (χ2v) is 12.5. The van der Waals surface area contributed by atoms with Gasteiger partial charge in [-0.2, -0.15) is 8.78 Å². The van der Waals surface area contributed by atoms with Crippen LogP contribution in [0, 0.1) is 17.6 Å². The van der Waals surface area contributed by atoms with Crippen molar-refractivity contribution < 1.29 is 32.6 Å². The van der Waals surface area contributed by atoms with Crippen molar-refractivity contribution in [2.75, 3.05) is 49.6 Å². The number of nitrogens with zero attached hydrogens (tertiary/aromatic N) is 6. The normalized spacial score (nSPS) is 17.2. The van der Waals surface area contributed by atoms with Crippen LogP contribution in [0.2, 0.25) is 5.02 Å². The standard InChI is InChI=1S/C32H31ClF3N7O5/c33-26-21(11-23(38-30(26)36)41-8-6-40(7-9-41)18-15-48-16-18)37-24(45)13-42-12-20(19-10-17(14-44)29(46)28(35)27(19)34)25-31(42)39-22-4-2-1-3-5-43(22)32(25)47/h10-12,14,18,46H,1-9,13,15-16H2,(H,37,38,45). The molecule has 3 aromatic heterocycles. The number of phenolic OH excluding ortho intramolecular Hbond substituents is 1. The number of carbonyl (C=O) groups excluding carboxylic acids is 2. The smallest absolute Gasteiger partial charge is 0.263 e. The zero-order valence-electron chi connectivity index (χ0n) is 25.6. The topological polar surface area (TPSA) is 135 Å². The molecule has 4 aromatic rings. The molecule has 0 aliphatic carbocycles. The van der Waals surface area contributed by atoms with Crippen LogP contribution in [0.1, 0.15) is 35.4 Å². The minimum Gasteiger partial charge on any atom is -0.504 e. The fourth-order valence-electron chi connectivity index (χ4n) is 6.54. The van der Waals surface area contributed by atoms with Crippen molar-refractivity contribution in [3.8, 4) is 16.9 Å². The average molecular weight is 686 g/mol. The zero-order valence-corrected chi connectivity index (χ0v) is 26.4. The Morgan fingerprint density at radius 2 is 1.81 bits per heavy atom. The molecule has 3 aliphatic heterocycles. The van der Waals surface area contributed by atoms with Crippen LogP contribution in [0.15, 0.2) is 23.1 Å². The SMILES string of the molecule is O=Cc1cc(-c2cn(CC(=O)Nc3cc(N4CCN(C5COC5)CC4)nc(F)c3Cl)c3nc4n(c(=O)c23)CCCCC4)c(F)c(F)c1O. The molecule has 2 N–H and O–H groups in total. The monoisotopic (exact) mass is 685 g/mol. The number of pyridine rings is 1. The van der Waals surface area contributed by atoms with Gasteiger partial charge in [0.05, 0.1) is 35.9 Å². The number of aldehydes is 1. The number of piperazine rings is 1. The van der Waals surface area contributed by atoms with Crippen molar-refractivity contribution in [3.63, 3.8) is 0 Å². The van der Waals surface area contributed by atoms with Gasteiger partial charge in [0.1, 0.15) is 28.9 Å². The molecular formula is C32H31ClF3N7O5. The van der Waals surface area contributed by atoms with Crippen molar-refractivity contribution in [2.24, 2.45) is 0 Å². The number of hydrogen-bond acceptors (Lipinski definition) is 9. The highest BCUT2D eigenvalue weighted by molar-refractivity contribution is 6.33. The van der Waals surface area contributed by atoms with Crippen molar-refractivity contribution in [1.29, 1.82) is 0 Å². The Kier molecular flexibility index (Phi) is 8.60. The van der Waals surface area contributed by atoms with Crippen LogP contribution >= 0.6 is 11.6 Å². The Morgan fingerprint density at radius 3 is 2.52 bits per heavy atom. The molecule has 2 saturated heterocycles. The van der Waals surface area contributed by atoms with Crippen LogP contribution in [0.25, 0.3) is 22.2 Å². The molecule has 12 nitrogen and oxygen atoms in total. The Bertz CT molecular complexity index is 2010. The van der Waals surface area contributed by atoms with Crippen molar-refractivity contribution in [3.05, 3.63) is 62.7 Å². The van der Waals surface area contributed by atoms with Crippen molar-refractivity contribution in [1.82, 2.24) is 24.0 Å². The largest absolute Gasteiger partial charge is 0.504 e. The zero-order chi connectivity index (χ0) is 33.7. The Balaban J connectivity index is 1.23. The molecule has 252 valence electrons. The Morgan fingerprint density at radius 1 is 1.04 bits per heavy atom. The van der Waals surface area contributed by atoms with Gasteiger partial charge in [0.25, 0.3) is 5.56 Å². The van der Waals surface area contributed by atoms with E-state index in [0.717, 1.165) is 32.0 Å². The predicted octanol–water partition coefficient (Wildman–Crippen LogP) is 3.73. The van der Waals surface area contributed by atoms with Gasteiger partial charge in [-0.3, -0.25) is 23.9 Å². The number of nitrogens with one attached hydrogen (secondary N) is 1. The second kappa shape index (κ2) is 12.9. The van der Waals surface area contributed by atoms with Gasteiger partial charge < -0.3 is 24.6 Å². The summed E-state index contributed by atoms with van der Waals surface area (Å²) >= 11 is 6.23. The third kappa shape index (κ3) is 5.69. The molecule has 0 atom stereocenters.